The number of benzene rings is 2. The van der Waals surface area contributed by atoms with Gasteiger partial charge in [0.2, 0.25) is 0 Å². The van der Waals surface area contributed by atoms with Gasteiger partial charge in [-0.25, -0.2) is 0 Å². The zero-order chi connectivity index (χ0) is 18.1. The van der Waals surface area contributed by atoms with Crippen molar-refractivity contribution in [1.82, 2.24) is 10.9 Å². The first-order chi connectivity index (χ1) is 12.1. The van der Waals surface area contributed by atoms with Gasteiger partial charge in [0, 0.05) is 5.56 Å². The van der Waals surface area contributed by atoms with E-state index in [2.05, 4.69) is 10.9 Å². The van der Waals surface area contributed by atoms with Gasteiger partial charge in [-0.05, 0) is 49.2 Å². The quantitative estimate of drug-likeness (QED) is 0.759. The maximum absolute atomic E-state index is 12.1. The monoisotopic (exact) mass is 342 g/mol. The molecular formula is C19H22N2O4. The normalized spacial score (nSPS) is 10.0. The fourth-order valence-corrected chi connectivity index (χ4v) is 2.04. The van der Waals surface area contributed by atoms with E-state index in [4.69, 9.17) is 9.47 Å². The smallest absolute Gasteiger partial charge is 0.276 e. The molecule has 0 aliphatic heterocycles. The Morgan fingerprint density at radius 1 is 0.960 bits per heavy atom. The molecule has 132 valence electrons. The molecule has 0 aliphatic rings. The Morgan fingerprint density at radius 3 is 2.40 bits per heavy atom. The Kier molecular flexibility index (Phi) is 6.83. The molecular weight excluding hydrogens is 320 g/mol. The van der Waals surface area contributed by atoms with E-state index < -0.39 is 11.8 Å². The summed E-state index contributed by atoms with van der Waals surface area (Å²) >= 11 is 0. The van der Waals surface area contributed by atoms with Gasteiger partial charge in [-0.15, -0.1) is 0 Å². The van der Waals surface area contributed by atoms with Crippen molar-refractivity contribution in [2.24, 2.45) is 0 Å². The van der Waals surface area contributed by atoms with Crippen LogP contribution in [0.5, 0.6) is 11.5 Å². The molecule has 2 aromatic carbocycles. The number of rotatable bonds is 7. The number of hydrazine groups is 1. The van der Waals surface area contributed by atoms with E-state index in [-0.39, 0.29) is 6.61 Å². The molecule has 0 aliphatic carbocycles. The van der Waals surface area contributed by atoms with Crippen LogP contribution in [-0.4, -0.2) is 25.0 Å². The van der Waals surface area contributed by atoms with Gasteiger partial charge in [-0.3, -0.25) is 20.4 Å². The summed E-state index contributed by atoms with van der Waals surface area (Å²) in [6.45, 7) is 4.33. The topological polar surface area (TPSA) is 76.7 Å². The van der Waals surface area contributed by atoms with Gasteiger partial charge in [0.1, 0.15) is 11.5 Å². The molecule has 2 N–H and O–H groups in total. The lowest BCUT2D eigenvalue weighted by Gasteiger charge is -2.10. The van der Waals surface area contributed by atoms with Gasteiger partial charge < -0.3 is 9.47 Å². The van der Waals surface area contributed by atoms with Crippen molar-refractivity contribution in [3.05, 3.63) is 59.7 Å². The summed E-state index contributed by atoms with van der Waals surface area (Å²) in [5, 5.41) is 0. The third kappa shape index (κ3) is 6.18. The Morgan fingerprint density at radius 2 is 1.68 bits per heavy atom. The van der Waals surface area contributed by atoms with Crippen LogP contribution in [-0.2, 0) is 4.79 Å². The molecule has 0 unspecified atom stereocenters. The third-order valence-corrected chi connectivity index (χ3v) is 3.24. The fourth-order valence-electron chi connectivity index (χ4n) is 2.04. The Labute approximate surface area is 147 Å². The highest BCUT2D eigenvalue weighted by molar-refractivity contribution is 5.95. The van der Waals surface area contributed by atoms with Crippen LogP contribution >= 0.6 is 0 Å². The molecule has 0 atom stereocenters. The zero-order valence-electron chi connectivity index (χ0n) is 14.4. The highest BCUT2D eigenvalue weighted by Crippen LogP contribution is 2.13. The predicted molar refractivity (Wildman–Crippen MR) is 94.5 cm³/mol. The van der Waals surface area contributed by atoms with E-state index in [1.165, 1.54) is 0 Å². The number of hydrogen-bond donors (Lipinski definition) is 2. The van der Waals surface area contributed by atoms with E-state index >= 15 is 0 Å². The molecule has 2 aromatic rings. The average Bonchev–Trinajstić information content (AvgIpc) is 2.63. The number of nitrogens with one attached hydrogen (secondary N) is 2. The minimum Gasteiger partial charge on any atom is -0.494 e. The first-order valence-electron chi connectivity index (χ1n) is 8.10. The maximum Gasteiger partial charge on any atom is 0.276 e. The molecule has 0 saturated carbocycles. The average molecular weight is 342 g/mol. The van der Waals surface area contributed by atoms with Crippen molar-refractivity contribution in [3.63, 3.8) is 0 Å². The minimum atomic E-state index is -0.451. The van der Waals surface area contributed by atoms with E-state index in [0.717, 1.165) is 12.0 Å². The van der Waals surface area contributed by atoms with Crippen LogP contribution in [0.25, 0.3) is 0 Å². The Bertz CT molecular complexity index is 731. The minimum absolute atomic E-state index is 0.191. The first kappa shape index (κ1) is 18.3. The largest absolute Gasteiger partial charge is 0.494 e. The lowest BCUT2D eigenvalue weighted by molar-refractivity contribution is -0.123. The van der Waals surface area contributed by atoms with Crippen molar-refractivity contribution >= 4 is 11.8 Å². The van der Waals surface area contributed by atoms with Crippen LogP contribution in [0.3, 0.4) is 0 Å². The second-order valence-corrected chi connectivity index (χ2v) is 5.48. The lowest BCUT2D eigenvalue weighted by atomic mass is 10.2. The van der Waals surface area contributed by atoms with Crippen molar-refractivity contribution in [3.8, 4) is 11.5 Å². The van der Waals surface area contributed by atoms with Crippen LogP contribution in [0.1, 0.15) is 29.3 Å². The van der Waals surface area contributed by atoms with Gasteiger partial charge in [0.05, 0.1) is 6.61 Å². The zero-order valence-corrected chi connectivity index (χ0v) is 14.4. The van der Waals surface area contributed by atoms with Gasteiger partial charge in [-0.1, -0.05) is 25.1 Å². The lowest BCUT2D eigenvalue weighted by Crippen LogP contribution is -2.43. The second-order valence-electron chi connectivity index (χ2n) is 5.48. The summed E-state index contributed by atoms with van der Waals surface area (Å²) in [6, 6.07) is 14.1. The van der Waals surface area contributed by atoms with E-state index in [0.29, 0.717) is 23.7 Å². The molecule has 2 amide bonds. The predicted octanol–water partition coefficient (Wildman–Crippen LogP) is 2.62. The molecule has 0 spiro atoms. The number of aryl methyl sites for hydroxylation is 1. The summed E-state index contributed by atoms with van der Waals surface area (Å²) in [7, 11) is 0. The van der Waals surface area contributed by atoms with E-state index in [1.54, 1.807) is 30.3 Å². The van der Waals surface area contributed by atoms with Crippen molar-refractivity contribution in [2.45, 2.75) is 20.3 Å². The number of carbonyl (C=O) groups excluding carboxylic acids is 2. The first-order valence-corrected chi connectivity index (χ1v) is 8.10. The molecule has 25 heavy (non-hydrogen) atoms. The van der Waals surface area contributed by atoms with Gasteiger partial charge in [0.25, 0.3) is 11.8 Å². The van der Waals surface area contributed by atoms with Crippen molar-refractivity contribution in [2.75, 3.05) is 13.2 Å². The molecule has 6 heteroatoms. The van der Waals surface area contributed by atoms with Gasteiger partial charge in [0.15, 0.2) is 6.61 Å². The van der Waals surface area contributed by atoms with Gasteiger partial charge >= 0.3 is 0 Å². The number of amides is 2. The van der Waals surface area contributed by atoms with Gasteiger partial charge in [-0.2, -0.15) is 0 Å². The second kappa shape index (κ2) is 9.32. The van der Waals surface area contributed by atoms with Crippen molar-refractivity contribution < 1.29 is 19.1 Å². The van der Waals surface area contributed by atoms with Crippen LogP contribution < -0.4 is 20.3 Å². The third-order valence-electron chi connectivity index (χ3n) is 3.24. The Balaban J connectivity index is 1.80. The molecule has 0 aromatic heterocycles. The summed E-state index contributed by atoms with van der Waals surface area (Å²) in [6.07, 6.45) is 0.882. The van der Waals surface area contributed by atoms with Crippen LogP contribution in [0.4, 0.5) is 0 Å². The SMILES string of the molecule is CCCOc1cccc(C(=O)NNC(=O)COc2cccc(C)c2)c1. The molecule has 0 heterocycles. The van der Waals surface area contributed by atoms with Crippen LogP contribution in [0.2, 0.25) is 0 Å². The molecule has 0 fully saturated rings. The number of carbonyl (C=O) groups is 2. The highest BCUT2D eigenvalue weighted by atomic mass is 16.5. The molecule has 6 nitrogen and oxygen atoms in total. The summed E-state index contributed by atoms with van der Waals surface area (Å²) in [5.74, 6) is 0.338. The number of hydrogen-bond acceptors (Lipinski definition) is 4. The van der Waals surface area contributed by atoms with Crippen LogP contribution in [0, 0.1) is 6.92 Å². The molecule has 0 saturated heterocycles. The summed E-state index contributed by atoms with van der Waals surface area (Å²) in [4.78, 5) is 23.8. The molecule has 2 rings (SSSR count). The highest BCUT2D eigenvalue weighted by Gasteiger charge is 2.09. The number of ether oxygens (including phenoxy) is 2. The fraction of sp³-hybridized carbons (Fsp3) is 0.263. The summed E-state index contributed by atoms with van der Waals surface area (Å²) in [5.41, 5.74) is 6.11. The maximum atomic E-state index is 12.1. The summed E-state index contributed by atoms with van der Waals surface area (Å²) < 4.78 is 10.8. The van der Waals surface area contributed by atoms with Crippen molar-refractivity contribution in [1.29, 1.82) is 0 Å². The van der Waals surface area contributed by atoms with Crippen LogP contribution in [0.15, 0.2) is 48.5 Å². The Hall–Kier alpha value is -3.02. The van der Waals surface area contributed by atoms with E-state index in [9.17, 15) is 9.59 Å². The molecule has 0 bridgehead atoms. The van der Waals surface area contributed by atoms with E-state index in [1.807, 2.05) is 32.0 Å². The standard InChI is InChI=1S/C19H22N2O4/c1-3-10-24-17-9-5-7-15(12-17)19(23)21-20-18(22)13-25-16-8-4-6-14(2)11-16/h4-9,11-12H,3,10,13H2,1-2H3,(H,20,22)(H,21,23). The molecule has 0 radical (unpaired) electrons.